The lowest BCUT2D eigenvalue weighted by Crippen LogP contribution is -2.50. The summed E-state index contributed by atoms with van der Waals surface area (Å²) in [6.45, 7) is 14.5. The minimum atomic E-state index is 0. The molecule has 0 saturated carbocycles. The zero-order valence-corrected chi connectivity index (χ0v) is 18.1. The molecular weight excluding hydrogens is 417 g/mol. The minimum Gasteiger partial charge on any atom is -0.355 e. The highest BCUT2D eigenvalue weighted by atomic mass is 127. The van der Waals surface area contributed by atoms with Crippen molar-refractivity contribution in [2.75, 3.05) is 45.8 Å². The monoisotopic (exact) mass is 453 g/mol. The van der Waals surface area contributed by atoms with Gasteiger partial charge in [-0.05, 0) is 19.8 Å². The quantitative estimate of drug-likeness (QED) is 0.255. The maximum atomic E-state index is 11.3. The Kier molecular flexibility index (Phi) is 13.4. The molecular formula is C17H36IN5O. The number of nitrogens with one attached hydrogen (secondary N) is 2. The number of aliphatic imine (C=N–C) groups is 1. The molecule has 0 aromatic heterocycles. The molecule has 1 saturated heterocycles. The molecule has 142 valence electrons. The number of rotatable bonds is 8. The van der Waals surface area contributed by atoms with Crippen LogP contribution in [0, 0.1) is 0 Å². The summed E-state index contributed by atoms with van der Waals surface area (Å²) in [5, 5.41) is 6.89. The van der Waals surface area contributed by atoms with Gasteiger partial charge in [-0.1, -0.05) is 20.3 Å². The van der Waals surface area contributed by atoms with Crippen LogP contribution in [0.2, 0.25) is 0 Å². The van der Waals surface area contributed by atoms with Gasteiger partial charge in [-0.2, -0.15) is 0 Å². The zero-order chi connectivity index (χ0) is 17.1. The minimum absolute atomic E-state index is 0. The highest BCUT2D eigenvalue weighted by Crippen LogP contribution is 2.01. The number of unbranched alkanes of at least 4 members (excludes halogenated alkanes) is 1. The van der Waals surface area contributed by atoms with Gasteiger partial charge in [-0.3, -0.25) is 14.7 Å². The Morgan fingerprint density at radius 2 is 1.88 bits per heavy atom. The van der Waals surface area contributed by atoms with Crippen molar-refractivity contribution in [3.8, 4) is 0 Å². The second kappa shape index (κ2) is 13.7. The van der Waals surface area contributed by atoms with Crippen LogP contribution >= 0.6 is 24.0 Å². The molecule has 0 aromatic carbocycles. The van der Waals surface area contributed by atoms with Crippen LogP contribution in [-0.4, -0.2) is 73.5 Å². The van der Waals surface area contributed by atoms with Crippen LogP contribution in [0.1, 0.15) is 47.0 Å². The number of guanidine groups is 1. The van der Waals surface area contributed by atoms with Gasteiger partial charge in [-0.25, -0.2) is 0 Å². The lowest BCUT2D eigenvalue weighted by molar-refractivity contribution is -0.130. The Balaban J connectivity index is 0.00000529. The zero-order valence-electron chi connectivity index (χ0n) is 15.8. The number of nitrogens with zero attached hydrogens (tertiary/aromatic N) is 3. The Bertz CT molecular complexity index is 370. The van der Waals surface area contributed by atoms with E-state index in [1.165, 1.54) is 6.42 Å². The van der Waals surface area contributed by atoms with Crippen molar-refractivity contribution in [2.24, 2.45) is 4.99 Å². The molecule has 0 aliphatic carbocycles. The third-order valence-electron chi connectivity index (χ3n) is 4.32. The Labute approximate surface area is 164 Å². The van der Waals surface area contributed by atoms with Gasteiger partial charge in [0.05, 0.1) is 0 Å². The molecule has 1 aliphatic heterocycles. The lowest BCUT2D eigenvalue weighted by Gasteiger charge is -2.34. The van der Waals surface area contributed by atoms with Crippen LogP contribution < -0.4 is 10.6 Å². The van der Waals surface area contributed by atoms with Gasteiger partial charge in [0.2, 0.25) is 5.91 Å². The molecule has 7 heteroatoms. The van der Waals surface area contributed by atoms with Crippen LogP contribution in [0.15, 0.2) is 4.99 Å². The van der Waals surface area contributed by atoms with Crippen molar-refractivity contribution < 1.29 is 4.79 Å². The molecule has 0 bridgehead atoms. The fourth-order valence-electron chi connectivity index (χ4n) is 2.46. The fraction of sp³-hybridized carbons (Fsp3) is 0.882. The van der Waals surface area contributed by atoms with E-state index in [0.29, 0.717) is 6.04 Å². The van der Waals surface area contributed by atoms with Crippen molar-refractivity contribution >= 4 is 35.8 Å². The van der Waals surface area contributed by atoms with E-state index in [1.807, 2.05) is 4.90 Å². The number of hydrogen-bond donors (Lipinski definition) is 2. The first-order valence-electron chi connectivity index (χ1n) is 9.09. The molecule has 1 rings (SSSR count). The van der Waals surface area contributed by atoms with Crippen molar-refractivity contribution in [2.45, 2.75) is 53.0 Å². The number of carbonyl (C=O) groups excluding carboxylic acids is 1. The second-order valence-electron chi connectivity index (χ2n) is 6.31. The average molecular weight is 453 g/mol. The summed E-state index contributed by atoms with van der Waals surface area (Å²) in [6, 6.07) is 0.432. The average Bonchev–Trinajstić information content (AvgIpc) is 2.55. The van der Waals surface area contributed by atoms with E-state index in [9.17, 15) is 4.79 Å². The van der Waals surface area contributed by atoms with E-state index in [-0.39, 0.29) is 29.9 Å². The van der Waals surface area contributed by atoms with Crippen LogP contribution in [0.5, 0.6) is 0 Å². The van der Waals surface area contributed by atoms with Crippen LogP contribution in [-0.2, 0) is 4.79 Å². The molecule has 24 heavy (non-hydrogen) atoms. The molecule has 0 spiro atoms. The van der Waals surface area contributed by atoms with Gasteiger partial charge in [0.25, 0.3) is 0 Å². The molecule has 1 atom stereocenters. The van der Waals surface area contributed by atoms with Gasteiger partial charge < -0.3 is 15.5 Å². The third-order valence-corrected chi connectivity index (χ3v) is 4.32. The lowest BCUT2D eigenvalue weighted by atomic mass is 10.3. The SMILES string of the molecule is CCCCN=C(NCCN1CCN(C(C)=O)CC1)NC(C)CC.I. The van der Waals surface area contributed by atoms with E-state index in [2.05, 4.69) is 41.3 Å². The van der Waals surface area contributed by atoms with Crippen molar-refractivity contribution in [1.82, 2.24) is 20.4 Å². The van der Waals surface area contributed by atoms with Crippen molar-refractivity contribution in [1.29, 1.82) is 0 Å². The van der Waals surface area contributed by atoms with Gasteiger partial charge in [0.15, 0.2) is 5.96 Å². The molecule has 2 N–H and O–H groups in total. The summed E-state index contributed by atoms with van der Waals surface area (Å²) < 4.78 is 0. The largest absolute Gasteiger partial charge is 0.355 e. The highest BCUT2D eigenvalue weighted by molar-refractivity contribution is 14.0. The van der Waals surface area contributed by atoms with Crippen LogP contribution in [0.3, 0.4) is 0 Å². The number of amides is 1. The van der Waals surface area contributed by atoms with Gasteiger partial charge in [0.1, 0.15) is 0 Å². The number of carbonyl (C=O) groups is 1. The second-order valence-corrected chi connectivity index (χ2v) is 6.31. The van der Waals surface area contributed by atoms with Crippen LogP contribution in [0.4, 0.5) is 0 Å². The topological polar surface area (TPSA) is 60.0 Å². The predicted octanol–water partition coefficient (Wildman–Crippen LogP) is 1.90. The van der Waals surface area contributed by atoms with E-state index in [0.717, 1.165) is 64.6 Å². The number of halogens is 1. The molecule has 0 aromatic rings. The molecule has 0 radical (unpaired) electrons. The van der Waals surface area contributed by atoms with Gasteiger partial charge in [0, 0.05) is 58.8 Å². The first-order valence-corrected chi connectivity index (χ1v) is 9.09. The predicted molar refractivity (Wildman–Crippen MR) is 112 cm³/mol. The number of hydrogen-bond acceptors (Lipinski definition) is 3. The summed E-state index contributed by atoms with van der Waals surface area (Å²) in [6.07, 6.45) is 3.38. The maximum Gasteiger partial charge on any atom is 0.219 e. The summed E-state index contributed by atoms with van der Waals surface area (Å²) in [4.78, 5) is 20.3. The molecule has 1 aliphatic rings. The third kappa shape index (κ3) is 9.66. The van der Waals surface area contributed by atoms with Gasteiger partial charge in [-0.15, -0.1) is 24.0 Å². The van der Waals surface area contributed by atoms with E-state index in [1.54, 1.807) is 6.92 Å². The maximum absolute atomic E-state index is 11.3. The fourth-order valence-corrected chi connectivity index (χ4v) is 2.46. The molecule has 1 unspecified atom stereocenters. The summed E-state index contributed by atoms with van der Waals surface area (Å²) >= 11 is 0. The van der Waals surface area contributed by atoms with E-state index in [4.69, 9.17) is 0 Å². The number of piperazine rings is 1. The standard InChI is InChI=1S/C17H35N5O.HI/c1-5-7-8-18-17(20-15(3)6-2)19-9-10-21-11-13-22(14-12-21)16(4)23;/h15H,5-14H2,1-4H3,(H2,18,19,20);1H. The van der Waals surface area contributed by atoms with E-state index >= 15 is 0 Å². The Morgan fingerprint density at radius 1 is 1.21 bits per heavy atom. The first-order chi connectivity index (χ1) is 11.1. The highest BCUT2D eigenvalue weighted by Gasteiger charge is 2.17. The molecule has 1 heterocycles. The molecule has 6 nitrogen and oxygen atoms in total. The summed E-state index contributed by atoms with van der Waals surface area (Å²) in [5.41, 5.74) is 0. The van der Waals surface area contributed by atoms with Crippen molar-refractivity contribution in [3.63, 3.8) is 0 Å². The van der Waals surface area contributed by atoms with E-state index < -0.39 is 0 Å². The first kappa shape index (κ1) is 23.4. The summed E-state index contributed by atoms with van der Waals surface area (Å²) in [5.74, 6) is 1.11. The van der Waals surface area contributed by atoms with Gasteiger partial charge >= 0.3 is 0 Å². The normalized spacial score (nSPS) is 17.2. The Morgan fingerprint density at radius 3 is 2.42 bits per heavy atom. The molecule has 1 amide bonds. The molecule has 1 fully saturated rings. The summed E-state index contributed by atoms with van der Waals surface area (Å²) in [7, 11) is 0. The smallest absolute Gasteiger partial charge is 0.219 e. The van der Waals surface area contributed by atoms with Crippen molar-refractivity contribution in [3.05, 3.63) is 0 Å². The Hall–Kier alpha value is -0.570. The van der Waals surface area contributed by atoms with Crippen LogP contribution in [0.25, 0.3) is 0 Å².